The van der Waals surface area contributed by atoms with Gasteiger partial charge in [-0.2, -0.15) is 0 Å². The molecule has 2 amide bonds. The molecule has 1 saturated carbocycles. The fourth-order valence-corrected chi connectivity index (χ4v) is 2.86. The summed E-state index contributed by atoms with van der Waals surface area (Å²) in [6.07, 6.45) is 3.79. The number of rotatable bonds is 5. The number of carbonyl (C=O) groups is 2. The van der Waals surface area contributed by atoms with Crippen LogP contribution in [0, 0.1) is 5.92 Å². The van der Waals surface area contributed by atoms with Crippen LogP contribution in [0.15, 0.2) is 36.9 Å². The van der Waals surface area contributed by atoms with Crippen molar-refractivity contribution in [1.82, 2.24) is 10.2 Å². The molecule has 0 aromatic heterocycles. The number of amides is 2. The maximum atomic E-state index is 12.1. The number of nitrogens with one attached hydrogen (secondary N) is 1. The lowest BCUT2D eigenvalue weighted by Gasteiger charge is -2.36. The Morgan fingerprint density at radius 1 is 1.13 bits per heavy atom. The van der Waals surface area contributed by atoms with Crippen molar-refractivity contribution in [2.45, 2.75) is 12.8 Å². The maximum Gasteiger partial charge on any atom is 0.251 e. The van der Waals surface area contributed by atoms with E-state index in [1.54, 1.807) is 6.08 Å². The molecule has 0 atom stereocenters. The van der Waals surface area contributed by atoms with E-state index in [2.05, 4.69) is 16.8 Å². The van der Waals surface area contributed by atoms with Gasteiger partial charge in [-0.3, -0.25) is 9.59 Å². The predicted octanol–water partition coefficient (Wildman–Crippen LogP) is 1.66. The molecule has 1 aliphatic heterocycles. The number of nitrogens with zero attached hydrogens (tertiary/aromatic N) is 2. The monoisotopic (exact) mass is 313 g/mol. The fourth-order valence-electron chi connectivity index (χ4n) is 2.86. The molecule has 2 aliphatic rings. The minimum Gasteiger partial charge on any atom is -0.368 e. The summed E-state index contributed by atoms with van der Waals surface area (Å²) >= 11 is 0. The molecule has 1 aromatic rings. The molecular weight excluding hydrogens is 290 g/mol. The van der Waals surface area contributed by atoms with Crippen LogP contribution < -0.4 is 10.2 Å². The van der Waals surface area contributed by atoms with Gasteiger partial charge < -0.3 is 15.1 Å². The summed E-state index contributed by atoms with van der Waals surface area (Å²) in [5.41, 5.74) is 1.75. The second kappa shape index (κ2) is 6.86. The van der Waals surface area contributed by atoms with Gasteiger partial charge in [-0.25, -0.2) is 0 Å². The molecule has 5 nitrogen and oxygen atoms in total. The van der Waals surface area contributed by atoms with Crippen molar-refractivity contribution in [2.75, 3.05) is 37.6 Å². The highest BCUT2D eigenvalue weighted by Gasteiger charge is 2.34. The minimum absolute atomic E-state index is 0.0868. The number of benzene rings is 1. The van der Waals surface area contributed by atoms with Gasteiger partial charge >= 0.3 is 0 Å². The summed E-state index contributed by atoms with van der Waals surface area (Å²) in [6.45, 7) is 7.33. The molecule has 0 radical (unpaired) electrons. The Morgan fingerprint density at radius 2 is 1.78 bits per heavy atom. The van der Waals surface area contributed by atoms with Gasteiger partial charge in [-0.05, 0) is 37.1 Å². The van der Waals surface area contributed by atoms with Crippen molar-refractivity contribution in [3.8, 4) is 0 Å². The number of hydrogen-bond acceptors (Lipinski definition) is 3. The highest BCUT2D eigenvalue weighted by molar-refractivity contribution is 5.94. The van der Waals surface area contributed by atoms with Crippen molar-refractivity contribution in [1.29, 1.82) is 0 Å². The zero-order valence-electron chi connectivity index (χ0n) is 13.3. The van der Waals surface area contributed by atoms with Crippen molar-refractivity contribution in [2.24, 2.45) is 5.92 Å². The summed E-state index contributed by atoms with van der Waals surface area (Å²) in [6, 6.07) is 7.63. The van der Waals surface area contributed by atoms with Gasteiger partial charge in [-0.15, -0.1) is 6.58 Å². The third-order valence-electron chi connectivity index (χ3n) is 4.42. The predicted molar refractivity (Wildman–Crippen MR) is 90.5 cm³/mol. The summed E-state index contributed by atoms with van der Waals surface area (Å²) in [5.74, 6) is 0.546. The molecule has 23 heavy (non-hydrogen) atoms. The molecule has 1 aromatic carbocycles. The quantitative estimate of drug-likeness (QED) is 0.841. The van der Waals surface area contributed by atoms with Crippen LogP contribution in [0.3, 0.4) is 0 Å². The highest BCUT2D eigenvalue weighted by Crippen LogP contribution is 2.31. The average molecular weight is 313 g/mol. The Bertz CT molecular complexity index is 585. The summed E-state index contributed by atoms with van der Waals surface area (Å²) in [5, 5.41) is 2.77. The Balaban J connectivity index is 1.55. The molecule has 1 heterocycles. The zero-order valence-corrected chi connectivity index (χ0v) is 13.3. The number of anilines is 1. The van der Waals surface area contributed by atoms with E-state index in [1.165, 1.54) is 0 Å². The topological polar surface area (TPSA) is 52.7 Å². The molecule has 1 N–H and O–H groups in total. The molecule has 0 unspecified atom stereocenters. The van der Waals surface area contributed by atoms with Crippen LogP contribution in [-0.2, 0) is 4.79 Å². The Kier molecular flexibility index (Phi) is 4.65. The number of hydrogen-bond donors (Lipinski definition) is 1. The second-order valence-corrected chi connectivity index (χ2v) is 6.13. The summed E-state index contributed by atoms with van der Waals surface area (Å²) in [7, 11) is 0. The zero-order chi connectivity index (χ0) is 16.2. The van der Waals surface area contributed by atoms with Crippen molar-refractivity contribution >= 4 is 17.5 Å². The molecular formula is C18H23N3O2. The molecule has 1 aliphatic carbocycles. The largest absolute Gasteiger partial charge is 0.368 e. The van der Waals surface area contributed by atoms with Crippen LogP contribution in [0.2, 0.25) is 0 Å². The SMILES string of the molecule is C=CCNC(=O)c1ccc(N2CCN(C(=O)C3CC3)CC2)cc1. The summed E-state index contributed by atoms with van der Waals surface area (Å²) in [4.78, 5) is 28.2. The normalized spacial score (nSPS) is 17.7. The Labute approximate surface area is 137 Å². The van der Waals surface area contributed by atoms with E-state index in [1.807, 2.05) is 29.2 Å². The Hall–Kier alpha value is -2.30. The van der Waals surface area contributed by atoms with Gasteiger partial charge in [0.1, 0.15) is 0 Å². The van der Waals surface area contributed by atoms with Gasteiger partial charge in [0.15, 0.2) is 0 Å². The standard InChI is InChI=1S/C18H23N3O2/c1-2-9-19-17(22)14-5-7-16(8-6-14)20-10-12-21(13-11-20)18(23)15-3-4-15/h2,5-8,15H,1,3-4,9-13H2,(H,19,22). The van der Waals surface area contributed by atoms with Gasteiger partial charge in [-0.1, -0.05) is 6.08 Å². The lowest BCUT2D eigenvalue weighted by atomic mass is 10.1. The number of piperazine rings is 1. The maximum absolute atomic E-state index is 12.1. The first-order chi connectivity index (χ1) is 11.2. The van der Waals surface area contributed by atoms with E-state index >= 15 is 0 Å². The molecule has 0 spiro atoms. The van der Waals surface area contributed by atoms with Crippen molar-refractivity contribution in [3.63, 3.8) is 0 Å². The molecule has 122 valence electrons. The van der Waals surface area contributed by atoms with Crippen molar-refractivity contribution in [3.05, 3.63) is 42.5 Å². The van der Waals surface area contributed by atoms with Gasteiger partial charge in [0.25, 0.3) is 5.91 Å². The van der Waals surface area contributed by atoms with Crippen LogP contribution in [-0.4, -0.2) is 49.4 Å². The molecule has 1 saturated heterocycles. The first-order valence-corrected chi connectivity index (χ1v) is 8.22. The second-order valence-electron chi connectivity index (χ2n) is 6.13. The molecule has 3 rings (SSSR count). The third kappa shape index (κ3) is 3.73. The van der Waals surface area contributed by atoms with E-state index < -0.39 is 0 Å². The first kappa shape index (κ1) is 15.6. The molecule has 0 bridgehead atoms. The van der Waals surface area contributed by atoms with Gasteiger partial charge in [0, 0.05) is 49.9 Å². The average Bonchev–Trinajstić information content (AvgIpc) is 3.44. The third-order valence-corrected chi connectivity index (χ3v) is 4.42. The lowest BCUT2D eigenvalue weighted by Crippen LogP contribution is -2.49. The van der Waals surface area contributed by atoms with Crippen LogP contribution in [0.25, 0.3) is 0 Å². The fraction of sp³-hybridized carbons (Fsp3) is 0.444. The van der Waals surface area contributed by atoms with Crippen LogP contribution in [0.1, 0.15) is 23.2 Å². The Morgan fingerprint density at radius 3 is 2.35 bits per heavy atom. The van der Waals surface area contributed by atoms with Gasteiger partial charge in [0.05, 0.1) is 0 Å². The van der Waals surface area contributed by atoms with E-state index in [0.29, 0.717) is 23.9 Å². The van der Waals surface area contributed by atoms with Gasteiger partial charge in [0.2, 0.25) is 5.91 Å². The first-order valence-electron chi connectivity index (χ1n) is 8.22. The van der Waals surface area contributed by atoms with Crippen LogP contribution in [0.4, 0.5) is 5.69 Å². The van der Waals surface area contributed by atoms with Crippen LogP contribution >= 0.6 is 0 Å². The van der Waals surface area contributed by atoms with E-state index in [-0.39, 0.29) is 5.91 Å². The van der Waals surface area contributed by atoms with E-state index in [0.717, 1.165) is 44.7 Å². The lowest BCUT2D eigenvalue weighted by molar-refractivity contribution is -0.132. The number of carbonyl (C=O) groups excluding carboxylic acids is 2. The highest BCUT2D eigenvalue weighted by atomic mass is 16.2. The molecule has 2 fully saturated rings. The van der Waals surface area contributed by atoms with E-state index in [4.69, 9.17) is 0 Å². The van der Waals surface area contributed by atoms with Crippen LogP contribution in [0.5, 0.6) is 0 Å². The smallest absolute Gasteiger partial charge is 0.251 e. The minimum atomic E-state index is -0.0868. The van der Waals surface area contributed by atoms with Crippen molar-refractivity contribution < 1.29 is 9.59 Å². The molecule has 5 heteroatoms. The summed E-state index contributed by atoms with van der Waals surface area (Å²) < 4.78 is 0. The van der Waals surface area contributed by atoms with E-state index in [9.17, 15) is 9.59 Å².